The van der Waals surface area contributed by atoms with Crippen molar-refractivity contribution in [2.24, 2.45) is 0 Å². The van der Waals surface area contributed by atoms with Crippen molar-refractivity contribution in [3.8, 4) is 0 Å². The lowest BCUT2D eigenvalue weighted by Crippen LogP contribution is -2.12. The first kappa shape index (κ1) is 7.24. The first-order valence-electron chi connectivity index (χ1n) is 2.52. The van der Waals surface area contributed by atoms with Crippen molar-refractivity contribution in [1.29, 1.82) is 0 Å². The van der Waals surface area contributed by atoms with Crippen LogP contribution in [0.4, 0.5) is 0 Å². The van der Waals surface area contributed by atoms with E-state index >= 15 is 0 Å². The van der Waals surface area contributed by atoms with Crippen LogP contribution in [0.25, 0.3) is 0 Å². The molecular weight excluding hydrogens is 102 g/mol. The van der Waals surface area contributed by atoms with Crippen molar-refractivity contribution in [2.45, 2.75) is 0 Å². The van der Waals surface area contributed by atoms with Crippen LogP contribution in [0.5, 0.6) is 0 Å². The predicted octanol–water partition coefficient (Wildman–Crippen LogP) is 0.834. The van der Waals surface area contributed by atoms with E-state index in [1.807, 2.05) is 0 Å². The molecule has 46 valence electrons. The first-order chi connectivity index (χ1) is 3.91. The number of hydrogen-bond acceptors (Lipinski definition) is 2. The molecule has 0 spiro atoms. The van der Waals surface area contributed by atoms with Crippen molar-refractivity contribution < 1.29 is 5.11 Å². The fourth-order valence-electron chi connectivity index (χ4n) is 0.321. The Hall–Kier alpha value is -0.760. The minimum Gasteiger partial charge on any atom is -0.516 e. The van der Waals surface area contributed by atoms with Crippen LogP contribution in [0.2, 0.25) is 0 Å². The molecule has 2 nitrogen and oxygen atoms in total. The smallest absolute Gasteiger partial charge is 0.0764 e. The van der Waals surface area contributed by atoms with Gasteiger partial charge < -0.3 is 10.4 Å². The third kappa shape index (κ3) is 5.24. The van der Waals surface area contributed by atoms with E-state index in [0.29, 0.717) is 6.54 Å². The van der Waals surface area contributed by atoms with E-state index in [1.54, 1.807) is 12.2 Å². The highest BCUT2D eigenvalue weighted by Crippen LogP contribution is 1.63. The highest BCUT2D eigenvalue weighted by atomic mass is 16.2. The van der Waals surface area contributed by atoms with Gasteiger partial charge in [-0.2, -0.15) is 0 Å². The maximum Gasteiger partial charge on any atom is 0.0764 e. The van der Waals surface area contributed by atoms with Gasteiger partial charge in [0.05, 0.1) is 6.26 Å². The van der Waals surface area contributed by atoms with Gasteiger partial charge in [0.25, 0.3) is 0 Å². The molecule has 0 aliphatic rings. The number of nitrogens with one attached hydrogen (secondary N) is 1. The molecule has 0 saturated heterocycles. The third-order valence-corrected chi connectivity index (χ3v) is 0.656. The monoisotopic (exact) mass is 113 g/mol. The van der Waals surface area contributed by atoms with Gasteiger partial charge in [-0.05, 0) is 6.08 Å². The number of aliphatic hydroxyl groups excluding tert-OH is 1. The summed E-state index contributed by atoms with van der Waals surface area (Å²) in [5.74, 6) is 0. The van der Waals surface area contributed by atoms with E-state index in [1.165, 1.54) is 0 Å². The molecule has 0 aromatic rings. The zero-order chi connectivity index (χ0) is 6.24. The lowest BCUT2D eigenvalue weighted by molar-refractivity contribution is 0.471. The Morgan fingerprint density at radius 2 is 2.25 bits per heavy atom. The average molecular weight is 113 g/mol. The van der Waals surface area contributed by atoms with Crippen molar-refractivity contribution in [2.75, 3.05) is 13.1 Å². The Morgan fingerprint density at radius 3 is 2.75 bits per heavy atom. The third-order valence-electron chi connectivity index (χ3n) is 0.656. The molecule has 0 atom stereocenters. The molecule has 2 N–H and O–H groups in total. The molecule has 0 saturated carbocycles. The van der Waals surface area contributed by atoms with Crippen LogP contribution >= 0.6 is 0 Å². The second-order valence-electron chi connectivity index (χ2n) is 1.33. The number of rotatable bonds is 4. The number of aliphatic hydroxyl groups is 1. The Bertz CT molecular complexity index is 78.6. The van der Waals surface area contributed by atoms with E-state index in [9.17, 15) is 0 Å². The van der Waals surface area contributed by atoms with E-state index in [2.05, 4.69) is 11.9 Å². The molecule has 0 unspecified atom stereocenters. The van der Waals surface area contributed by atoms with Crippen molar-refractivity contribution in [3.63, 3.8) is 0 Å². The fraction of sp³-hybridized carbons (Fsp3) is 0.333. The minimum atomic E-state index is 0.697. The summed E-state index contributed by atoms with van der Waals surface area (Å²) in [6.07, 6.45) is 4.42. The second kappa shape index (κ2) is 6.24. The Labute approximate surface area is 49.5 Å². The van der Waals surface area contributed by atoms with Gasteiger partial charge in [0.2, 0.25) is 0 Å². The summed E-state index contributed by atoms with van der Waals surface area (Å²) >= 11 is 0. The molecule has 0 fully saturated rings. The molecule has 0 aromatic carbocycles. The standard InChI is InChI=1S/C6H11NO/c1-2-4-7-5-3-6-8/h2-3,6-8H,1,4-5H2. The van der Waals surface area contributed by atoms with E-state index in [-0.39, 0.29) is 0 Å². The quantitative estimate of drug-likeness (QED) is 0.321. The number of hydrogen-bond donors (Lipinski definition) is 2. The second-order valence-corrected chi connectivity index (χ2v) is 1.33. The molecule has 0 heterocycles. The highest BCUT2D eigenvalue weighted by molar-refractivity contribution is 4.77. The van der Waals surface area contributed by atoms with Crippen LogP contribution in [-0.4, -0.2) is 18.2 Å². The van der Waals surface area contributed by atoms with Crippen molar-refractivity contribution in [3.05, 3.63) is 25.0 Å². The van der Waals surface area contributed by atoms with Crippen LogP contribution in [-0.2, 0) is 0 Å². The van der Waals surface area contributed by atoms with Gasteiger partial charge in [0, 0.05) is 13.1 Å². The lowest BCUT2D eigenvalue weighted by Gasteiger charge is -1.90. The van der Waals surface area contributed by atoms with E-state index in [0.717, 1.165) is 12.8 Å². The molecule has 0 bridgehead atoms. The molecule has 0 aliphatic heterocycles. The van der Waals surface area contributed by atoms with Crippen LogP contribution < -0.4 is 5.32 Å². The fourth-order valence-corrected chi connectivity index (χ4v) is 0.321. The molecular formula is C6H11NO. The van der Waals surface area contributed by atoms with Crippen LogP contribution in [0.1, 0.15) is 0 Å². The first-order valence-corrected chi connectivity index (χ1v) is 2.52. The lowest BCUT2D eigenvalue weighted by atomic mass is 10.5. The van der Waals surface area contributed by atoms with Gasteiger partial charge in [-0.15, -0.1) is 6.58 Å². The Kier molecular flexibility index (Phi) is 5.65. The van der Waals surface area contributed by atoms with Gasteiger partial charge in [-0.1, -0.05) is 6.08 Å². The van der Waals surface area contributed by atoms with Crippen LogP contribution in [0, 0.1) is 0 Å². The summed E-state index contributed by atoms with van der Waals surface area (Å²) in [6.45, 7) is 4.99. The summed E-state index contributed by atoms with van der Waals surface area (Å²) in [7, 11) is 0. The molecule has 0 aliphatic carbocycles. The van der Waals surface area contributed by atoms with Gasteiger partial charge in [-0.3, -0.25) is 0 Å². The molecule has 0 radical (unpaired) electrons. The molecule has 2 heteroatoms. The summed E-state index contributed by atoms with van der Waals surface area (Å²) < 4.78 is 0. The highest BCUT2D eigenvalue weighted by Gasteiger charge is 1.72. The normalized spacial score (nSPS) is 10.0. The Morgan fingerprint density at radius 1 is 1.50 bits per heavy atom. The van der Waals surface area contributed by atoms with E-state index < -0.39 is 0 Å². The van der Waals surface area contributed by atoms with Crippen molar-refractivity contribution >= 4 is 0 Å². The van der Waals surface area contributed by atoms with Gasteiger partial charge in [0.1, 0.15) is 0 Å². The summed E-state index contributed by atoms with van der Waals surface area (Å²) in [6, 6.07) is 0. The average Bonchev–Trinajstić information content (AvgIpc) is 1.81. The zero-order valence-corrected chi connectivity index (χ0v) is 4.80. The topological polar surface area (TPSA) is 32.3 Å². The molecule has 0 aromatic heterocycles. The van der Waals surface area contributed by atoms with Crippen molar-refractivity contribution in [1.82, 2.24) is 5.32 Å². The summed E-state index contributed by atoms with van der Waals surface area (Å²) in [5.41, 5.74) is 0. The SMILES string of the molecule is C=CCNCC=CO. The largest absolute Gasteiger partial charge is 0.516 e. The van der Waals surface area contributed by atoms with E-state index in [4.69, 9.17) is 5.11 Å². The van der Waals surface area contributed by atoms with Gasteiger partial charge >= 0.3 is 0 Å². The molecule has 0 amide bonds. The molecule has 8 heavy (non-hydrogen) atoms. The maximum atomic E-state index is 8.12. The molecule has 0 rings (SSSR count). The van der Waals surface area contributed by atoms with Gasteiger partial charge in [0.15, 0.2) is 0 Å². The predicted molar refractivity (Wildman–Crippen MR) is 34.8 cm³/mol. The van der Waals surface area contributed by atoms with Crippen LogP contribution in [0.3, 0.4) is 0 Å². The van der Waals surface area contributed by atoms with Crippen LogP contribution in [0.15, 0.2) is 25.0 Å². The Balaban J connectivity index is 2.82. The zero-order valence-electron chi connectivity index (χ0n) is 4.80. The maximum absolute atomic E-state index is 8.12. The minimum absolute atomic E-state index is 0.697. The summed E-state index contributed by atoms with van der Waals surface area (Å²) in [5, 5.41) is 11.1. The summed E-state index contributed by atoms with van der Waals surface area (Å²) in [4.78, 5) is 0. The van der Waals surface area contributed by atoms with Gasteiger partial charge in [-0.25, -0.2) is 0 Å².